The first-order chi connectivity index (χ1) is 8.96. The normalized spacial score (nSPS) is 21.7. The Kier molecular flexibility index (Phi) is 6.28. The van der Waals surface area contributed by atoms with Gasteiger partial charge in [-0.25, -0.2) is 0 Å². The van der Waals surface area contributed by atoms with Crippen molar-refractivity contribution in [3.05, 3.63) is 37.1 Å². The molecule has 108 valence electrons. The highest BCUT2D eigenvalue weighted by Crippen LogP contribution is 2.15. The van der Waals surface area contributed by atoms with E-state index in [4.69, 9.17) is 10.5 Å². The first-order valence-electron chi connectivity index (χ1n) is 6.75. The van der Waals surface area contributed by atoms with E-state index < -0.39 is 5.60 Å². The number of hydrogen-bond acceptors (Lipinski definition) is 4. The van der Waals surface area contributed by atoms with E-state index in [1.165, 1.54) is 0 Å². The molecule has 0 aromatic rings. The summed E-state index contributed by atoms with van der Waals surface area (Å²) >= 11 is 0. The summed E-state index contributed by atoms with van der Waals surface area (Å²) in [6.07, 6.45) is 6.95. The first kappa shape index (κ1) is 16.0. The molecule has 0 aromatic carbocycles. The van der Waals surface area contributed by atoms with E-state index in [1.54, 1.807) is 25.2 Å². The quantitative estimate of drug-likeness (QED) is 0.541. The molecule has 0 radical (unpaired) electrons. The molecule has 1 aliphatic heterocycles. The highest BCUT2D eigenvalue weighted by Gasteiger charge is 2.27. The van der Waals surface area contributed by atoms with Crippen molar-refractivity contribution < 1.29 is 9.84 Å². The molecule has 1 saturated heterocycles. The number of hydrogen-bond donors (Lipinski definition) is 2. The minimum absolute atomic E-state index is 0.237. The fraction of sp³-hybridized carbons (Fsp3) is 0.600. The van der Waals surface area contributed by atoms with Crippen LogP contribution in [-0.2, 0) is 4.74 Å². The third-order valence-electron chi connectivity index (χ3n) is 3.23. The Balaban J connectivity index is 2.40. The van der Waals surface area contributed by atoms with Gasteiger partial charge in [-0.2, -0.15) is 0 Å². The lowest BCUT2D eigenvalue weighted by molar-refractivity contribution is -0.0375. The van der Waals surface area contributed by atoms with Gasteiger partial charge in [-0.3, -0.25) is 0 Å². The zero-order valence-electron chi connectivity index (χ0n) is 11.8. The predicted molar refractivity (Wildman–Crippen MR) is 78.7 cm³/mol. The Labute approximate surface area is 116 Å². The molecular weight excluding hydrogens is 240 g/mol. The van der Waals surface area contributed by atoms with E-state index in [0.29, 0.717) is 18.3 Å². The Morgan fingerprint density at radius 2 is 2.11 bits per heavy atom. The SMILES string of the molecule is C=C/C=C(\C=C)OCC(C)(O)CN1CCC(N)CC1. The van der Waals surface area contributed by atoms with E-state index in [-0.39, 0.29) is 6.61 Å². The topological polar surface area (TPSA) is 58.7 Å². The van der Waals surface area contributed by atoms with E-state index in [0.717, 1.165) is 25.9 Å². The van der Waals surface area contributed by atoms with Crippen LogP contribution in [0, 0.1) is 0 Å². The number of nitrogens with two attached hydrogens (primary N) is 1. The summed E-state index contributed by atoms with van der Waals surface area (Å²) < 4.78 is 5.53. The predicted octanol–water partition coefficient (Wildman–Crippen LogP) is 1.43. The first-order valence-corrected chi connectivity index (χ1v) is 6.75. The molecule has 1 heterocycles. The van der Waals surface area contributed by atoms with Crippen LogP contribution in [-0.4, -0.2) is 47.9 Å². The van der Waals surface area contributed by atoms with Gasteiger partial charge in [0.1, 0.15) is 18.0 Å². The fourth-order valence-corrected chi connectivity index (χ4v) is 2.17. The van der Waals surface area contributed by atoms with Crippen molar-refractivity contribution in [3.8, 4) is 0 Å². The zero-order valence-corrected chi connectivity index (χ0v) is 11.8. The maximum atomic E-state index is 10.4. The van der Waals surface area contributed by atoms with Crippen molar-refractivity contribution in [1.82, 2.24) is 4.90 Å². The molecule has 4 heteroatoms. The lowest BCUT2D eigenvalue weighted by Crippen LogP contribution is -2.48. The average molecular weight is 266 g/mol. The number of allylic oxidation sites excluding steroid dienone is 3. The summed E-state index contributed by atoms with van der Waals surface area (Å²) in [5, 5.41) is 10.4. The second kappa shape index (κ2) is 7.48. The third kappa shape index (κ3) is 6.05. The van der Waals surface area contributed by atoms with Crippen LogP contribution in [0.4, 0.5) is 0 Å². The molecule has 0 saturated carbocycles. The number of nitrogens with zero attached hydrogens (tertiary/aromatic N) is 1. The Morgan fingerprint density at radius 3 is 2.63 bits per heavy atom. The largest absolute Gasteiger partial charge is 0.491 e. The molecule has 19 heavy (non-hydrogen) atoms. The van der Waals surface area contributed by atoms with Crippen molar-refractivity contribution in [3.63, 3.8) is 0 Å². The van der Waals surface area contributed by atoms with Gasteiger partial charge in [-0.15, -0.1) is 0 Å². The second-order valence-corrected chi connectivity index (χ2v) is 5.41. The second-order valence-electron chi connectivity index (χ2n) is 5.41. The van der Waals surface area contributed by atoms with Gasteiger partial charge >= 0.3 is 0 Å². The van der Waals surface area contributed by atoms with Crippen LogP contribution in [0.5, 0.6) is 0 Å². The number of ether oxygens (including phenoxy) is 1. The van der Waals surface area contributed by atoms with Gasteiger partial charge < -0.3 is 20.5 Å². The Morgan fingerprint density at radius 1 is 1.47 bits per heavy atom. The molecule has 0 bridgehead atoms. The van der Waals surface area contributed by atoms with E-state index >= 15 is 0 Å². The van der Waals surface area contributed by atoms with Gasteiger partial charge in [-0.1, -0.05) is 19.2 Å². The van der Waals surface area contributed by atoms with Crippen LogP contribution < -0.4 is 5.73 Å². The summed E-state index contributed by atoms with van der Waals surface area (Å²) in [4.78, 5) is 2.23. The Hall–Kier alpha value is -1.10. The highest BCUT2D eigenvalue weighted by molar-refractivity contribution is 5.14. The lowest BCUT2D eigenvalue weighted by atomic mass is 10.0. The molecule has 0 amide bonds. The Bertz CT molecular complexity index is 329. The summed E-state index contributed by atoms with van der Waals surface area (Å²) in [6, 6.07) is 0.306. The summed E-state index contributed by atoms with van der Waals surface area (Å²) in [5.74, 6) is 0.621. The van der Waals surface area contributed by atoms with Gasteiger partial charge in [0.25, 0.3) is 0 Å². The number of likely N-dealkylation sites (tertiary alicyclic amines) is 1. The molecule has 1 rings (SSSR count). The number of rotatable bonds is 7. The van der Waals surface area contributed by atoms with E-state index in [1.807, 2.05) is 0 Å². The molecule has 1 aliphatic rings. The van der Waals surface area contributed by atoms with Crippen LogP contribution in [0.2, 0.25) is 0 Å². The number of β-amino-alcohol motifs (C(OH)–C–C–N with tert-alkyl or cyclic N) is 1. The standard InChI is InChI=1S/C15H26N2O2/c1-4-6-14(5-2)19-12-15(3,18)11-17-9-7-13(16)8-10-17/h4-6,13,18H,1-2,7-12,16H2,3H3/b14-6+. The van der Waals surface area contributed by atoms with Crippen LogP contribution in [0.3, 0.4) is 0 Å². The molecule has 3 N–H and O–H groups in total. The number of aliphatic hydroxyl groups is 1. The minimum Gasteiger partial charge on any atom is -0.491 e. The highest BCUT2D eigenvalue weighted by atomic mass is 16.5. The van der Waals surface area contributed by atoms with Gasteiger partial charge in [0, 0.05) is 12.6 Å². The molecule has 0 spiro atoms. The van der Waals surface area contributed by atoms with Crippen molar-refractivity contribution in [2.24, 2.45) is 5.73 Å². The number of piperidine rings is 1. The maximum Gasteiger partial charge on any atom is 0.118 e. The van der Waals surface area contributed by atoms with Crippen LogP contribution in [0.15, 0.2) is 37.1 Å². The molecule has 1 atom stereocenters. The lowest BCUT2D eigenvalue weighted by Gasteiger charge is -2.35. The van der Waals surface area contributed by atoms with Crippen molar-refractivity contribution in [1.29, 1.82) is 0 Å². The van der Waals surface area contributed by atoms with Gasteiger partial charge in [-0.05, 0) is 45.0 Å². The molecule has 1 fully saturated rings. The summed E-state index contributed by atoms with van der Waals surface area (Å²) in [6.45, 7) is 11.8. The van der Waals surface area contributed by atoms with E-state index in [2.05, 4.69) is 18.1 Å². The van der Waals surface area contributed by atoms with Crippen LogP contribution >= 0.6 is 0 Å². The van der Waals surface area contributed by atoms with Gasteiger partial charge in [0.05, 0.1) is 0 Å². The van der Waals surface area contributed by atoms with Crippen LogP contribution in [0.25, 0.3) is 0 Å². The molecule has 4 nitrogen and oxygen atoms in total. The molecule has 0 aromatic heterocycles. The smallest absolute Gasteiger partial charge is 0.118 e. The molecular formula is C15H26N2O2. The van der Waals surface area contributed by atoms with Crippen LogP contribution in [0.1, 0.15) is 19.8 Å². The fourth-order valence-electron chi connectivity index (χ4n) is 2.17. The summed E-state index contributed by atoms with van der Waals surface area (Å²) in [7, 11) is 0. The van der Waals surface area contributed by atoms with Gasteiger partial charge in [0.15, 0.2) is 0 Å². The molecule has 0 aliphatic carbocycles. The summed E-state index contributed by atoms with van der Waals surface area (Å²) in [5.41, 5.74) is 4.98. The van der Waals surface area contributed by atoms with Crippen molar-refractivity contribution in [2.75, 3.05) is 26.2 Å². The van der Waals surface area contributed by atoms with Gasteiger partial charge in [0.2, 0.25) is 0 Å². The molecule has 1 unspecified atom stereocenters. The monoisotopic (exact) mass is 266 g/mol. The maximum absolute atomic E-state index is 10.4. The van der Waals surface area contributed by atoms with Crippen molar-refractivity contribution >= 4 is 0 Å². The third-order valence-corrected chi connectivity index (χ3v) is 3.23. The zero-order chi connectivity index (χ0) is 14.3. The minimum atomic E-state index is -0.884. The average Bonchev–Trinajstić information content (AvgIpc) is 2.37. The van der Waals surface area contributed by atoms with E-state index in [9.17, 15) is 5.11 Å². The van der Waals surface area contributed by atoms with Crippen molar-refractivity contribution in [2.45, 2.75) is 31.4 Å².